The molecular formula is C23H29N5O2. The molecular weight excluding hydrogens is 378 g/mol. The fourth-order valence-corrected chi connectivity index (χ4v) is 3.16. The second-order valence-corrected chi connectivity index (χ2v) is 8.97. The molecule has 3 aromatic rings. The molecule has 0 saturated heterocycles. The number of esters is 1. The van der Waals surface area contributed by atoms with Gasteiger partial charge in [0.1, 0.15) is 11.4 Å². The predicted molar refractivity (Wildman–Crippen MR) is 118 cm³/mol. The summed E-state index contributed by atoms with van der Waals surface area (Å²) in [5.74, 6) is 1.19. The first-order chi connectivity index (χ1) is 14.1. The first-order valence-electron chi connectivity index (χ1n) is 10.2. The van der Waals surface area contributed by atoms with E-state index in [1.54, 1.807) is 24.8 Å². The van der Waals surface area contributed by atoms with Gasteiger partial charge in [0.05, 0.1) is 11.7 Å². The van der Waals surface area contributed by atoms with Gasteiger partial charge in [-0.25, -0.2) is 9.97 Å². The predicted octanol–water partition coefficient (Wildman–Crippen LogP) is 4.79. The number of nitrogens with zero attached hydrogens (tertiary/aromatic N) is 4. The summed E-state index contributed by atoms with van der Waals surface area (Å²) < 4.78 is 5.40. The van der Waals surface area contributed by atoms with Gasteiger partial charge >= 0.3 is 5.97 Å². The van der Waals surface area contributed by atoms with Crippen molar-refractivity contribution in [3.63, 3.8) is 0 Å². The van der Waals surface area contributed by atoms with Gasteiger partial charge in [-0.05, 0) is 65.7 Å². The van der Waals surface area contributed by atoms with Crippen LogP contribution in [0.2, 0.25) is 0 Å². The average molecular weight is 408 g/mol. The lowest BCUT2D eigenvalue weighted by Gasteiger charge is -2.28. The molecule has 7 heteroatoms. The second kappa shape index (κ2) is 8.73. The van der Waals surface area contributed by atoms with E-state index in [-0.39, 0.29) is 11.5 Å². The smallest absolute Gasteiger partial charge is 0.306 e. The van der Waals surface area contributed by atoms with Gasteiger partial charge in [-0.3, -0.25) is 14.8 Å². The van der Waals surface area contributed by atoms with Gasteiger partial charge < -0.3 is 10.1 Å². The van der Waals surface area contributed by atoms with E-state index in [0.717, 1.165) is 35.1 Å². The number of fused-ring (bicyclic) bond motifs is 1. The van der Waals surface area contributed by atoms with Gasteiger partial charge in [0.25, 0.3) is 0 Å². The largest absolute Gasteiger partial charge is 0.460 e. The van der Waals surface area contributed by atoms with Crippen LogP contribution in [0.4, 0.5) is 5.82 Å². The quantitative estimate of drug-likeness (QED) is 0.563. The Morgan fingerprint density at radius 1 is 1.00 bits per heavy atom. The maximum Gasteiger partial charge on any atom is 0.306 e. The zero-order valence-corrected chi connectivity index (χ0v) is 18.3. The number of nitrogens with one attached hydrogen (secondary N) is 1. The van der Waals surface area contributed by atoms with E-state index in [0.29, 0.717) is 12.2 Å². The summed E-state index contributed by atoms with van der Waals surface area (Å²) in [7, 11) is 0. The van der Waals surface area contributed by atoms with Crippen molar-refractivity contribution in [2.45, 2.75) is 65.0 Å². The number of anilines is 1. The Morgan fingerprint density at radius 2 is 1.70 bits per heavy atom. The molecule has 0 fully saturated rings. The first kappa shape index (κ1) is 21.6. The molecule has 3 rings (SSSR count). The zero-order chi connectivity index (χ0) is 21.8. The first-order valence-corrected chi connectivity index (χ1v) is 10.2. The molecule has 0 aromatic carbocycles. The Bertz CT molecular complexity index is 1010. The Hall–Kier alpha value is -3.09. The average Bonchev–Trinajstić information content (AvgIpc) is 2.66. The van der Waals surface area contributed by atoms with E-state index in [9.17, 15) is 4.79 Å². The number of ether oxygens (including phenoxy) is 1. The van der Waals surface area contributed by atoms with Crippen LogP contribution in [-0.2, 0) is 9.53 Å². The molecule has 0 unspecified atom stereocenters. The molecule has 0 saturated carbocycles. The molecule has 30 heavy (non-hydrogen) atoms. The minimum absolute atomic E-state index is 0.170. The van der Waals surface area contributed by atoms with E-state index < -0.39 is 5.60 Å². The minimum Gasteiger partial charge on any atom is -0.460 e. The van der Waals surface area contributed by atoms with Crippen molar-refractivity contribution >= 4 is 22.7 Å². The molecule has 0 radical (unpaired) electrons. The number of hydrogen-bond donors (Lipinski definition) is 1. The molecule has 158 valence electrons. The van der Waals surface area contributed by atoms with Gasteiger partial charge in [0, 0.05) is 41.5 Å². The van der Waals surface area contributed by atoms with Crippen molar-refractivity contribution in [2.75, 3.05) is 5.32 Å². The SMILES string of the molecule is CC(C)(CCCC(=O)OC(C)(C)C)Nc1nc(-c2ccncc2)nc2cnccc12. The highest BCUT2D eigenvalue weighted by atomic mass is 16.6. The van der Waals surface area contributed by atoms with E-state index in [1.807, 2.05) is 39.0 Å². The summed E-state index contributed by atoms with van der Waals surface area (Å²) in [5.41, 5.74) is 0.928. The van der Waals surface area contributed by atoms with Gasteiger partial charge in [-0.1, -0.05) is 0 Å². The standard InChI is InChI=1S/C23H29N5O2/c1-22(2,3)30-19(29)7-6-11-23(4,5)28-21-17-10-14-25-15-18(17)26-20(27-21)16-8-12-24-13-9-16/h8-10,12-15H,6-7,11H2,1-5H3,(H,26,27,28). The molecule has 3 heterocycles. The molecule has 3 aromatic heterocycles. The third-order valence-corrected chi connectivity index (χ3v) is 4.50. The van der Waals surface area contributed by atoms with E-state index >= 15 is 0 Å². The zero-order valence-electron chi connectivity index (χ0n) is 18.3. The highest BCUT2D eigenvalue weighted by molar-refractivity contribution is 5.90. The summed E-state index contributed by atoms with van der Waals surface area (Å²) in [6, 6.07) is 5.67. The van der Waals surface area contributed by atoms with Crippen LogP contribution in [-0.4, -0.2) is 37.0 Å². The summed E-state index contributed by atoms with van der Waals surface area (Å²) in [4.78, 5) is 29.7. The summed E-state index contributed by atoms with van der Waals surface area (Å²) in [6.07, 6.45) is 8.81. The van der Waals surface area contributed by atoms with Crippen LogP contribution in [0.5, 0.6) is 0 Å². The van der Waals surface area contributed by atoms with Gasteiger partial charge in [0.2, 0.25) is 0 Å². The molecule has 0 amide bonds. The molecule has 1 N–H and O–H groups in total. The molecule has 0 aliphatic carbocycles. The monoisotopic (exact) mass is 407 g/mol. The minimum atomic E-state index is -0.456. The molecule has 0 atom stereocenters. The molecule has 0 aliphatic rings. The third kappa shape index (κ3) is 5.95. The Kier molecular flexibility index (Phi) is 6.29. The van der Waals surface area contributed by atoms with E-state index in [4.69, 9.17) is 9.72 Å². The fraction of sp³-hybridized carbons (Fsp3) is 0.435. The Labute approximate surface area is 177 Å². The Morgan fingerprint density at radius 3 is 2.40 bits per heavy atom. The number of aromatic nitrogens is 4. The van der Waals surface area contributed by atoms with Gasteiger partial charge in [-0.15, -0.1) is 0 Å². The number of carbonyl (C=O) groups is 1. The van der Waals surface area contributed by atoms with Crippen LogP contribution in [0.15, 0.2) is 43.0 Å². The van der Waals surface area contributed by atoms with Gasteiger partial charge in [-0.2, -0.15) is 0 Å². The van der Waals surface area contributed by atoms with Gasteiger partial charge in [0.15, 0.2) is 5.82 Å². The van der Waals surface area contributed by atoms with Crippen molar-refractivity contribution < 1.29 is 9.53 Å². The van der Waals surface area contributed by atoms with Crippen molar-refractivity contribution in [1.29, 1.82) is 0 Å². The van der Waals surface area contributed by atoms with Crippen molar-refractivity contribution in [1.82, 2.24) is 19.9 Å². The van der Waals surface area contributed by atoms with Crippen molar-refractivity contribution in [3.8, 4) is 11.4 Å². The number of hydrogen-bond acceptors (Lipinski definition) is 7. The van der Waals surface area contributed by atoms with Crippen LogP contribution < -0.4 is 5.32 Å². The maximum absolute atomic E-state index is 12.0. The number of rotatable bonds is 7. The van der Waals surface area contributed by atoms with E-state index in [2.05, 4.69) is 34.1 Å². The normalized spacial score (nSPS) is 12.0. The van der Waals surface area contributed by atoms with Crippen LogP contribution in [0.1, 0.15) is 53.9 Å². The Balaban J connectivity index is 1.77. The number of pyridine rings is 2. The van der Waals surface area contributed by atoms with Crippen LogP contribution in [0.3, 0.4) is 0 Å². The molecule has 0 aliphatic heterocycles. The highest BCUT2D eigenvalue weighted by Gasteiger charge is 2.22. The van der Waals surface area contributed by atoms with Crippen LogP contribution in [0, 0.1) is 0 Å². The summed E-state index contributed by atoms with van der Waals surface area (Å²) in [5, 5.41) is 4.45. The molecule has 7 nitrogen and oxygen atoms in total. The lowest BCUT2D eigenvalue weighted by Crippen LogP contribution is -2.32. The lowest BCUT2D eigenvalue weighted by atomic mass is 9.97. The van der Waals surface area contributed by atoms with Crippen LogP contribution in [0.25, 0.3) is 22.3 Å². The van der Waals surface area contributed by atoms with E-state index in [1.165, 1.54) is 0 Å². The summed E-state index contributed by atoms with van der Waals surface area (Å²) >= 11 is 0. The topological polar surface area (TPSA) is 89.9 Å². The number of carbonyl (C=O) groups excluding carboxylic acids is 1. The maximum atomic E-state index is 12.0. The second-order valence-electron chi connectivity index (χ2n) is 8.97. The van der Waals surface area contributed by atoms with Crippen LogP contribution >= 0.6 is 0 Å². The van der Waals surface area contributed by atoms with Crippen molar-refractivity contribution in [2.24, 2.45) is 0 Å². The molecule has 0 spiro atoms. The highest BCUT2D eigenvalue weighted by Crippen LogP contribution is 2.28. The lowest BCUT2D eigenvalue weighted by molar-refractivity contribution is -0.154. The summed E-state index contributed by atoms with van der Waals surface area (Å²) in [6.45, 7) is 9.84. The van der Waals surface area contributed by atoms with Crippen molar-refractivity contribution in [3.05, 3.63) is 43.0 Å². The molecule has 0 bridgehead atoms. The fourth-order valence-electron chi connectivity index (χ4n) is 3.16. The third-order valence-electron chi connectivity index (χ3n) is 4.50.